The van der Waals surface area contributed by atoms with Crippen LogP contribution in [0.4, 0.5) is 0 Å². The summed E-state index contributed by atoms with van der Waals surface area (Å²) in [5.41, 5.74) is 3.77. The molecule has 0 radical (unpaired) electrons. The minimum absolute atomic E-state index is 0.0605. The molecule has 2 heteroatoms. The molecule has 2 nitrogen and oxygen atoms in total. The number of Topliss-reactive ketones (excluding diaryl/α,β-unsaturated/α-hetero) is 1. The summed E-state index contributed by atoms with van der Waals surface area (Å²) < 4.78 is 0. The van der Waals surface area contributed by atoms with Crippen molar-refractivity contribution in [2.24, 2.45) is 17.3 Å². The van der Waals surface area contributed by atoms with Gasteiger partial charge in [0, 0.05) is 5.92 Å². The van der Waals surface area contributed by atoms with Crippen LogP contribution in [0.3, 0.4) is 0 Å². The number of carbonyl (C=O) groups is 1. The van der Waals surface area contributed by atoms with E-state index in [2.05, 4.69) is 80.5 Å². The standard InChI is InChI=1S/C26H40O2/c1-10-11-18(19-12-16(2)14-21(23(19)27)25(4,5)6)20-13-17(3)15-22(24(20)28)26(7,8)9/h12,14-15,17-18,20,27H,10-11,13H2,1-9H3. The molecule has 0 aliphatic heterocycles. The molecule has 0 aromatic heterocycles. The van der Waals surface area contributed by atoms with Gasteiger partial charge in [0.2, 0.25) is 0 Å². The van der Waals surface area contributed by atoms with Crippen molar-refractivity contribution < 1.29 is 9.90 Å². The molecule has 0 fully saturated rings. The Balaban J connectivity index is 2.60. The van der Waals surface area contributed by atoms with Gasteiger partial charge in [0.15, 0.2) is 5.78 Å². The summed E-state index contributed by atoms with van der Waals surface area (Å²) in [6, 6.07) is 4.20. The van der Waals surface area contributed by atoms with Crippen molar-refractivity contribution in [2.45, 2.75) is 92.9 Å². The molecule has 0 spiro atoms. The van der Waals surface area contributed by atoms with Crippen LogP contribution in [0, 0.1) is 24.2 Å². The molecule has 2 rings (SSSR count). The Bertz CT molecular complexity index is 756. The topological polar surface area (TPSA) is 37.3 Å². The van der Waals surface area contributed by atoms with Crippen LogP contribution in [-0.2, 0) is 10.2 Å². The number of allylic oxidation sites excluding steroid dienone is 2. The van der Waals surface area contributed by atoms with Gasteiger partial charge in [-0.15, -0.1) is 0 Å². The van der Waals surface area contributed by atoms with Gasteiger partial charge in [0.05, 0.1) is 0 Å². The fraction of sp³-hybridized carbons (Fsp3) is 0.654. The van der Waals surface area contributed by atoms with E-state index in [0.29, 0.717) is 11.7 Å². The second kappa shape index (κ2) is 8.05. The predicted octanol–water partition coefficient (Wildman–Crippen LogP) is 7.08. The van der Waals surface area contributed by atoms with E-state index in [0.717, 1.165) is 41.5 Å². The Morgan fingerprint density at radius 1 is 1.11 bits per heavy atom. The first-order valence-corrected chi connectivity index (χ1v) is 10.9. The number of phenols is 1. The van der Waals surface area contributed by atoms with Crippen molar-refractivity contribution in [2.75, 3.05) is 0 Å². The first-order chi connectivity index (χ1) is 12.8. The Morgan fingerprint density at radius 3 is 2.21 bits per heavy atom. The lowest BCUT2D eigenvalue weighted by molar-refractivity contribution is -0.122. The maximum absolute atomic E-state index is 13.5. The van der Waals surface area contributed by atoms with Crippen LogP contribution in [0.5, 0.6) is 5.75 Å². The van der Waals surface area contributed by atoms with Gasteiger partial charge in [-0.25, -0.2) is 0 Å². The third-order valence-corrected chi connectivity index (χ3v) is 6.06. The van der Waals surface area contributed by atoms with Gasteiger partial charge in [0.1, 0.15) is 5.75 Å². The highest BCUT2D eigenvalue weighted by molar-refractivity contribution is 5.99. The highest BCUT2D eigenvalue weighted by Gasteiger charge is 2.40. The zero-order chi connectivity index (χ0) is 21.4. The molecule has 0 bridgehead atoms. The molecule has 1 aliphatic rings. The van der Waals surface area contributed by atoms with Crippen molar-refractivity contribution in [3.63, 3.8) is 0 Å². The van der Waals surface area contributed by atoms with E-state index in [1.165, 1.54) is 0 Å². The summed E-state index contributed by atoms with van der Waals surface area (Å²) in [6.45, 7) is 19.3. The molecule has 3 unspecified atom stereocenters. The third-order valence-electron chi connectivity index (χ3n) is 6.06. The normalized spacial score (nSPS) is 22.2. The number of aromatic hydroxyl groups is 1. The zero-order valence-electron chi connectivity index (χ0n) is 19.4. The average molecular weight is 385 g/mol. The van der Waals surface area contributed by atoms with E-state index in [1.807, 2.05) is 0 Å². The van der Waals surface area contributed by atoms with Gasteiger partial charge < -0.3 is 5.11 Å². The van der Waals surface area contributed by atoms with E-state index in [4.69, 9.17) is 0 Å². The molecule has 1 aromatic carbocycles. The van der Waals surface area contributed by atoms with Gasteiger partial charge in [-0.05, 0) is 59.1 Å². The number of hydrogen-bond acceptors (Lipinski definition) is 2. The number of benzene rings is 1. The first-order valence-electron chi connectivity index (χ1n) is 10.9. The number of rotatable bonds is 4. The molecule has 1 aliphatic carbocycles. The van der Waals surface area contributed by atoms with Crippen molar-refractivity contribution in [3.8, 4) is 5.75 Å². The van der Waals surface area contributed by atoms with E-state index in [1.54, 1.807) is 0 Å². The zero-order valence-corrected chi connectivity index (χ0v) is 19.4. The van der Waals surface area contributed by atoms with Crippen LogP contribution in [0.15, 0.2) is 23.8 Å². The molecule has 28 heavy (non-hydrogen) atoms. The fourth-order valence-electron chi connectivity index (χ4n) is 4.65. The van der Waals surface area contributed by atoms with Gasteiger partial charge in [-0.2, -0.15) is 0 Å². The lowest BCUT2D eigenvalue weighted by Gasteiger charge is -2.37. The summed E-state index contributed by atoms with van der Waals surface area (Å²) in [6.07, 6.45) is 4.95. The molecular formula is C26H40O2. The van der Waals surface area contributed by atoms with E-state index < -0.39 is 0 Å². The third kappa shape index (κ3) is 4.70. The molecule has 1 N–H and O–H groups in total. The van der Waals surface area contributed by atoms with Crippen molar-refractivity contribution >= 4 is 5.78 Å². The van der Waals surface area contributed by atoms with Crippen LogP contribution in [0.25, 0.3) is 0 Å². The Hall–Kier alpha value is -1.57. The van der Waals surface area contributed by atoms with Crippen LogP contribution in [0.1, 0.15) is 97.3 Å². The minimum Gasteiger partial charge on any atom is -0.507 e. The molecule has 0 amide bonds. The maximum atomic E-state index is 13.5. The summed E-state index contributed by atoms with van der Waals surface area (Å²) in [5.74, 6) is 1.05. The molecule has 0 saturated heterocycles. The van der Waals surface area contributed by atoms with Gasteiger partial charge in [-0.1, -0.05) is 85.6 Å². The molecule has 1 aromatic rings. The first kappa shape index (κ1) is 22.7. The number of ketones is 1. The van der Waals surface area contributed by atoms with E-state index in [9.17, 15) is 9.90 Å². The number of carbonyl (C=O) groups excluding carboxylic acids is 1. The largest absolute Gasteiger partial charge is 0.507 e. The molecule has 0 heterocycles. The predicted molar refractivity (Wildman–Crippen MR) is 119 cm³/mol. The van der Waals surface area contributed by atoms with Crippen molar-refractivity contribution in [3.05, 3.63) is 40.5 Å². The Kier molecular flexibility index (Phi) is 6.53. The number of phenolic OH excluding ortho intramolecular Hbond substituents is 1. The molecule has 156 valence electrons. The highest BCUT2D eigenvalue weighted by atomic mass is 16.3. The monoisotopic (exact) mass is 384 g/mol. The molecule has 0 saturated carbocycles. The number of aryl methyl sites for hydroxylation is 1. The highest BCUT2D eigenvalue weighted by Crippen LogP contribution is 2.47. The summed E-state index contributed by atoms with van der Waals surface area (Å²) >= 11 is 0. The summed E-state index contributed by atoms with van der Waals surface area (Å²) in [5, 5.41) is 11.2. The molecular weight excluding hydrogens is 344 g/mol. The lowest BCUT2D eigenvalue weighted by atomic mass is 9.66. The SMILES string of the molecule is CCCC(c1cc(C)cc(C(C)(C)C)c1O)C1CC(C)C=C(C(C)(C)C)C1=O. The second-order valence-corrected chi connectivity index (χ2v) is 10.9. The van der Waals surface area contributed by atoms with Gasteiger partial charge in [0.25, 0.3) is 0 Å². The van der Waals surface area contributed by atoms with Crippen LogP contribution in [0.2, 0.25) is 0 Å². The van der Waals surface area contributed by atoms with Crippen molar-refractivity contribution in [1.82, 2.24) is 0 Å². The smallest absolute Gasteiger partial charge is 0.162 e. The quantitative estimate of drug-likeness (QED) is 0.602. The average Bonchev–Trinajstić information content (AvgIpc) is 2.54. The van der Waals surface area contributed by atoms with E-state index in [-0.39, 0.29) is 28.4 Å². The summed E-state index contributed by atoms with van der Waals surface area (Å²) in [4.78, 5) is 13.5. The Morgan fingerprint density at radius 2 is 1.71 bits per heavy atom. The second-order valence-electron chi connectivity index (χ2n) is 10.9. The number of hydrogen-bond donors (Lipinski definition) is 1. The van der Waals surface area contributed by atoms with Crippen LogP contribution < -0.4 is 0 Å². The van der Waals surface area contributed by atoms with E-state index >= 15 is 0 Å². The Labute approximate surface area is 172 Å². The van der Waals surface area contributed by atoms with Crippen molar-refractivity contribution in [1.29, 1.82) is 0 Å². The summed E-state index contributed by atoms with van der Waals surface area (Å²) in [7, 11) is 0. The lowest BCUT2D eigenvalue weighted by Crippen LogP contribution is -2.34. The van der Waals surface area contributed by atoms with Crippen LogP contribution in [-0.4, -0.2) is 10.9 Å². The fourth-order valence-corrected chi connectivity index (χ4v) is 4.65. The van der Waals surface area contributed by atoms with Gasteiger partial charge in [-0.3, -0.25) is 4.79 Å². The van der Waals surface area contributed by atoms with Gasteiger partial charge >= 0.3 is 0 Å². The molecule has 3 atom stereocenters. The minimum atomic E-state index is -0.147. The van der Waals surface area contributed by atoms with Crippen LogP contribution >= 0.6 is 0 Å². The maximum Gasteiger partial charge on any atom is 0.162 e.